The van der Waals surface area contributed by atoms with Crippen LogP contribution in [-0.2, 0) is 17.5 Å². The molecule has 3 nitrogen and oxygen atoms in total. The van der Waals surface area contributed by atoms with Crippen molar-refractivity contribution in [3.8, 4) is 5.75 Å². The van der Waals surface area contributed by atoms with Gasteiger partial charge in [-0.1, -0.05) is 43.0 Å². The van der Waals surface area contributed by atoms with E-state index >= 15 is 0 Å². The Labute approximate surface area is 131 Å². The molecular weight excluding hydrogens is 307 g/mol. The lowest BCUT2D eigenvalue weighted by Gasteiger charge is -2.17. The zero-order chi connectivity index (χ0) is 16.9. The van der Waals surface area contributed by atoms with E-state index in [1.807, 2.05) is 6.07 Å². The number of anilines is 1. The van der Waals surface area contributed by atoms with Gasteiger partial charge in [0, 0.05) is 12.6 Å². The molecule has 2 aromatic carbocycles. The molecule has 0 aliphatic carbocycles. The molecule has 0 heterocycles. The molecule has 0 amide bonds. The molecule has 0 saturated carbocycles. The minimum atomic E-state index is -4.67. The van der Waals surface area contributed by atoms with Gasteiger partial charge in [-0.25, -0.2) is 4.79 Å². The van der Waals surface area contributed by atoms with Crippen LogP contribution in [0.2, 0.25) is 0 Å². The van der Waals surface area contributed by atoms with Gasteiger partial charge in [0.05, 0.1) is 5.69 Å². The lowest BCUT2D eigenvalue weighted by molar-refractivity contribution is -0.140. The largest absolute Gasteiger partial charge is 0.423 e. The van der Waals surface area contributed by atoms with E-state index in [4.69, 9.17) is 4.74 Å². The summed E-state index contributed by atoms with van der Waals surface area (Å²) < 4.78 is 44.7. The number of nitrogens with one attached hydrogen (secondary N) is 1. The van der Waals surface area contributed by atoms with E-state index in [0.29, 0.717) is 0 Å². The fourth-order valence-electron chi connectivity index (χ4n) is 2.00. The van der Waals surface area contributed by atoms with Crippen molar-refractivity contribution < 1.29 is 22.7 Å². The van der Waals surface area contributed by atoms with E-state index in [1.165, 1.54) is 12.1 Å². The predicted molar refractivity (Wildman–Crippen MR) is 81.0 cm³/mol. The molecule has 0 atom stereocenters. The number of hydrogen-bond acceptors (Lipinski definition) is 3. The van der Waals surface area contributed by atoms with Gasteiger partial charge in [0.15, 0.2) is 0 Å². The van der Waals surface area contributed by atoms with Gasteiger partial charge in [-0.2, -0.15) is 13.2 Å². The highest BCUT2D eigenvalue weighted by Crippen LogP contribution is 2.41. The molecule has 6 heteroatoms. The third-order valence-electron chi connectivity index (χ3n) is 3.01. The van der Waals surface area contributed by atoms with E-state index in [1.54, 1.807) is 24.3 Å². The van der Waals surface area contributed by atoms with Crippen molar-refractivity contribution >= 4 is 11.7 Å². The van der Waals surface area contributed by atoms with Gasteiger partial charge in [0.2, 0.25) is 0 Å². The number of esters is 1. The summed E-state index contributed by atoms with van der Waals surface area (Å²) in [6, 6.07) is 12.8. The predicted octanol–water partition coefficient (Wildman–Crippen LogP) is 4.41. The second kappa shape index (κ2) is 7.00. The number of alkyl halides is 3. The van der Waals surface area contributed by atoms with Crippen LogP contribution < -0.4 is 10.1 Å². The Morgan fingerprint density at radius 3 is 2.43 bits per heavy atom. The summed E-state index contributed by atoms with van der Waals surface area (Å²) >= 11 is 0. The monoisotopic (exact) mass is 321 g/mol. The van der Waals surface area contributed by atoms with E-state index in [9.17, 15) is 18.0 Å². The number of halogens is 3. The van der Waals surface area contributed by atoms with E-state index in [2.05, 4.69) is 11.9 Å². The van der Waals surface area contributed by atoms with Crippen LogP contribution in [0, 0.1) is 0 Å². The van der Waals surface area contributed by atoms with Gasteiger partial charge in [0.1, 0.15) is 11.3 Å². The van der Waals surface area contributed by atoms with Crippen LogP contribution in [0.1, 0.15) is 11.1 Å². The minimum absolute atomic E-state index is 0.157. The molecule has 0 radical (unpaired) electrons. The molecule has 0 saturated heterocycles. The Kier molecular flexibility index (Phi) is 5.05. The zero-order valence-electron chi connectivity index (χ0n) is 12.1. The van der Waals surface area contributed by atoms with Gasteiger partial charge in [0.25, 0.3) is 0 Å². The third kappa shape index (κ3) is 4.35. The molecule has 0 aliphatic rings. The van der Waals surface area contributed by atoms with Crippen LogP contribution in [-0.4, -0.2) is 5.97 Å². The van der Waals surface area contributed by atoms with Crippen molar-refractivity contribution in [2.45, 2.75) is 12.7 Å². The first-order valence-electron chi connectivity index (χ1n) is 6.74. The summed E-state index contributed by atoms with van der Waals surface area (Å²) in [5.74, 6) is -1.50. The number of hydrogen-bond donors (Lipinski definition) is 1. The van der Waals surface area contributed by atoms with Crippen LogP contribution in [0.15, 0.2) is 61.2 Å². The summed E-state index contributed by atoms with van der Waals surface area (Å²) in [7, 11) is 0. The summed E-state index contributed by atoms with van der Waals surface area (Å²) in [6.07, 6.45) is -3.86. The van der Waals surface area contributed by atoms with Gasteiger partial charge in [-0.15, -0.1) is 0 Å². The van der Waals surface area contributed by atoms with Crippen LogP contribution in [0.25, 0.3) is 0 Å². The molecule has 2 rings (SSSR count). The summed E-state index contributed by atoms with van der Waals surface area (Å²) in [6.45, 7) is 3.39. The van der Waals surface area contributed by atoms with Gasteiger partial charge >= 0.3 is 12.1 Å². The topological polar surface area (TPSA) is 38.3 Å². The summed E-state index contributed by atoms with van der Waals surface area (Å²) in [4.78, 5) is 11.2. The maximum atomic E-state index is 13.3. The molecule has 0 aromatic heterocycles. The molecule has 2 aromatic rings. The average molecular weight is 321 g/mol. The van der Waals surface area contributed by atoms with Gasteiger partial charge in [-0.3, -0.25) is 0 Å². The fourth-order valence-corrected chi connectivity index (χ4v) is 2.00. The molecule has 0 fully saturated rings. The number of benzene rings is 2. The fraction of sp³-hybridized carbons (Fsp3) is 0.118. The van der Waals surface area contributed by atoms with Crippen molar-refractivity contribution in [2.75, 3.05) is 5.32 Å². The summed E-state index contributed by atoms with van der Waals surface area (Å²) in [5, 5.41) is 2.73. The lowest BCUT2D eigenvalue weighted by Crippen LogP contribution is -2.15. The first-order valence-corrected chi connectivity index (χ1v) is 6.74. The lowest BCUT2D eigenvalue weighted by atomic mass is 10.1. The Hall–Kier alpha value is -2.76. The van der Waals surface area contributed by atoms with Crippen molar-refractivity contribution in [1.29, 1.82) is 0 Å². The first kappa shape index (κ1) is 16.6. The zero-order valence-corrected chi connectivity index (χ0v) is 12.1. The van der Waals surface area contributed by atoms with Crippen LogP contribution in [0.3, 0.4) is 0 Å². The van der Waals surface area contributed by atoms with Crippen molar-refractivity contribution in [3.63, 3.8) is 0 Å². The maximum absolute atomic E-state index is 13.3. The van der Waals surface area contributed by atoms with E-state index < -0.39 is 23.5 Å². The minimum Gasteiger partial charge on any atom is -0.423 e. The van der Waals surface area contributed by atoms with Crippen molar-refractivity contribution in [1.82, 2.24) is 0 Å². The summed E-state index contributed by atoms with van der Waals surface area (Å²) in [5.41, 5.74) is -0.351. The molecule has 120 valence electrons. The molecule has 1 N–H and O–H groups in total. The maximum Gasteiger partial charge on any atom is 0.421 e. The average Bonchev–Trinajstić information content (AvgIpc) is 2.52. The highest BCUT2D eigenvalue weighted by Gasteiger charge is 2.37. The molecule has 0 unspecified atom stereocenters. The molecule has 0 spiro atoms. The van der Waals surface area contributed by atoms with Crippen LogP contribution in [0.4, 0.5) is 18.9 Å². The molecule has 0 aliphatic heterocycles. The van der Waals surface area contributed by atoms with Gasteiger partial charge in [-0.05, 0) is 17.7 Å². The van der Waals surface area contributed by atoms with Gasteiger partial charge < -0.3 is 10.1 Å². The highest BCUT2D eigenvalue weighted by molar-refractivity contribution is 5.84. The Bertz CT molecular complexity index is 697. The Morgan fingerprint density at radius 2 is 1.83 bits per heavy atom. The number of carbonyl (C=O) groups is 1. The third-order valence-corrected chi connectivity index (χ3v) is 3.01. The SMILES string of the molecule is C=CC(=O)Oc1cccc(NCc2ccccc2)c1C(F)(F)F. The Balaban J connectivity index is 2.32. The highest BCUT2D eigenvalue weighted by atomic mass is 19.4. The number of ether oxygens (including phenoxy) is 1. The van der Waals surface area contributed by atoms with Crippen LogP contribution in [0.5, 0.6) is 5.75 Å². The molecule has 23 heavy (non-hydrogen) atoms. The van der Waals surface area contributed by atoms with E-state index in [0.717, 1.165) is 17.7 Å². The Morgan fingerprint density at radius 1 is 1.13 bits per heavy atom. The van der Waals surface area contributed by atoms with E-state index in [-0.39, 0.29) is 12.2 Å². The van der Waals surface area contributed by atoms with Crippen molar-refractivity contribution in [3.05, 3.63) is 72.3 Å². The normalized spacial score (nSPS) is 10.9. The second-order valence-electron chi connectivity index (χ2n) is 4.64. The standard InChI is InChI=1S/C17H14F3NO2/c1-2-15(22)23-14-10-6-9-13(16(14)17(18,19)20)21-11-12-7-4-3-5-8-12/h2-10,21H,1,11H2. The number of rotatable bonds is 5. The molecular formula is C17H14F3NO2. The number of carbonyl (C=O) groups excluding carboxylic acids is 1. The molecule has 0 bridgehead atoms. The smallest absolute Gasteiger partial charge is 0.421 e. The first-order chi connectivity index (χ1) is 10.9. The van der Waals surface area contributed by atoms with Crippen molar-refractivity contribution in [2.24, 2.45) is 0 Å². The second-order valence-corrected chi connectivity index (χ2v) is 4.64. The van der Waals surface area contributed by atoms with Crippen LogP contribution >= 0.6 is 0 Å². The quantitative estimate of drug-likeness (QED) is 0.504.